The van der Waals surface area contributed by atoms with Crippen LogP contribution in [0.2, 0.25) is 0 Å². The first kappa shape index (κ1) is 24.8. The van der Waals surface area contributed by atoms with E-state index in [-0.39, 0.29) is 12.3 Å². The Bertz CT molecular complexity index is 276. The van der Waals surface area contributed by atoms with Gasteiger partial charge in [0.05, 0.1) is 17.9 Å². The van der Waals surface area contributed by atoms with Gasteiger partial charge in [0.15, 0.2) is 0 Å². The molecule has 0 heterocycles. The van der Waals surface area contributed by atoms with E-state index in [0.29, 0.717) is 32.1 Å². The van der Waals surface area contributed by atoms with Crippen molar-refractivity contribution in [2.24, 2.45) is 0 Å². The monoisotopic (exact) mass is 384 g/mol. The molecule has 22 heavy (non-hydrogen) atoms. The van der Waals surface area contributed by atoms with Gasteiger partial charge in [0.2, 0.25) is 0 Å². The standard InChI is InChI=1S/C12H24Cl2O4.H3O3P/c1-4-16-12(17-5-2,18-6-3)9-11(15,10-14)7-8-13;1-4(2)3/h15H,4-10H2,1-3H3;4H,(H2,1,2,3). The van der Waals surface area contributed by atoms with E-state index in [1.807, 2.05) is 20.8 Å². The van der Waals surface area contributed by atoms with E-state index in [1.165, 1.54) is 0 Å². The van der Waals surface area contributed by atoms with Gasteiger partial charge in [-0.2, -0.15) is 0 Å². The van der Waals surface area contributed by atoms with Crippen molar-refractivity contribution in [3.05, 3.63) is 0 Å². The minimum Gasteiger partial charge on any atom is -0.388 e. The summed E-state index contributed by atoms with van der Waals surface area (Å²) >= 11 is 11.5. The number of halogens is 2. The molecule has 0 spiro atoms. The molecule has 0 aromatic heterocycles. The van der Waals surface area contributed by atoms with E-state index in [2.05, 4.69) is 0 Å². The average molecular weight is 385 g/mol. The zero-order valence-electron chi connectivity index (χ0n) is 13.2. The fourth-order valence-corrected chi connectivity index (χ4v) is 2.30. The van der Waals surface area contributed by atoms with Gasteiger partial charge in [0.1, 0.15) is 0 Å². The van der Waals surface area contributed by atoms with Crippen LogP contribution in [0.3, 0.4) is 0 Å². The summed E-state index contributed by atoms with van der Waals surface area (Å²) in [5.74, 6) is -0.897. The van der Waals surface area contributed by atoms with Gasteiger partial charge >= 0.3 is 8.25 Å². The van der Waals surface area contributed by atoms with Crippen molar-refractivity contribution in [3.63, 3.8) is 0 Å². The second-order valence-electron chi connectivity index (χ2n) is 4.24. The summed E-state index contributed by atoms with van der Waals surface area (Å²) in [5.41, 5.74) is -1.16. The SMILES string of the molecule is CCOC(CC(O)(CCl)CCCl)(OCC)OCC.O=[PH](O)O. The van der Waals surface area contributed by atoms with E-state index >= 15 is 0 Å². The molecular formula is C12H27Cl2O7P. The number of rotatable bonds is 11. The Kier molecular flexibility index (Phi) is 15.7. The molecule has 0 saturated heterocycles. The van der Waals surface area contributed by atoms with Crippen LogP contribution in [0.15, 0.2) is 0 Å². The van der Waals surface area contributed by atoms with Crippen molar-refractivity contribution in [1.29, 1.82) is 0 Å². The van der Waals surface area contributed by atoms with Crippen molar-refractivity contribution in [2.75, 3.05) is 31.6 Å². The predicted octanol–water partition coefficient (Wildman–Crippen LogP) is 2.10. The molecule has 7 nitrogen and oxygen atoms in total. The summed E-state index contributed by atoms with van der Waals surface area (Å²) in [6, 6.07) is 0. The van der Waals surface area contributed by atoms with Gasteiger partial charge in [-0.1, -0.05) is 0 Å². The highest BCUT2D eigenvalue weighted by atomic mass is 35.5. The molecule has 0 aliphatic heterocycles. The normalized spacial score (nSPS) is 14.4. The minimum absolute atomic E-state index is 0.0503. The molecule has 3 N–H and O–H groups in total. The molecule has 0 aliphatic carbocycles. The maximum Gasteiger partial charge on any atom is 0.314 e. The Morgan fingerprint density at radius 3 is 1.59 bits per heavy atom. The van der Waals surface area contributed by atoms with Gasteiger partial charge in [-0.25, -0.2) is 0 Å². The zero-order valence-corrected chi connectivity index (χ0v) is 15.7. The van der Waals surface area contributed by atoms with E-state index in [0.717, 1.165) is 0 Å². The predicted molar refractivity (Wildman–Crippen MR) is 86.7 cm³/mol. The fourth-order valence-electron chi connectivity index (χ4n) is 1.72. The largest absolute Gasteiger partial charge is 0.388 e. The first-order chi connectivity index (χ1) is 10.2. The fraction of sp³-hybridized carbons (Fsp3) is 1.00. The molecular weight excluding hydrogens is 358 g/mol. The molecule has 0 saturated carbocycles. The van der Waals surface area contributed by atoms with Crippen molar-refractivity contribution in [3.8, 4) is 0 Å². The molecule has 136 valence electrons. The third-order valence-corrected chi connectivity index (χ3v) is 3.13. The first-order valence-corrected chi connectivity index (χ1v) is 9.30. The second-order valence-corrected chi connectivity index (χ2v) is 5.45. The van der Waals surface area contributed by atoms with Crippen LogP contribution in [-0.2, 0) is 18.8 Å². The Morgan fingerprint density at radius 1 is 1.00 bits per heavy atom. The van der Waals surface area contributed by atoms with Crippen LogP contribution in [0, 0.1) is 0 Å². The van der Waals surface area contributed by atoms with Gasteiger partial charge in [-0.05, 0) is 27.2 Å². The van der Waals surface area contributed by atoms with E-state index in [4.69, 9.17) is 51.8 Å². The van der Waals surface area contributed by atoms with Gasteiger partial charge in [-0.3, -0.25) is 4.57 Å². The van der Waals surface area contributed by atoms with Crippen LogP contribution < -0.4 is 0 Å². The van der Waals surface area contributed by atoms with Gasteiger partial charge < -0.3 is 29.1 Å². The molecule has 1 atom stereocenters. The van der Waals surface area contributed by atoms with Crippen molar-refractivity contribution in [1.82, 2.24) is 0 Å². The summed E-state index contributed by atoms with van der Waals surface area (Å²) < 4.78 is 25.4. The Labute approximate surface area is 142 Å². The number of hydrogen-bond acceptors (Lipinski definition) is 5. The van der Waals surface area contributed by atoms with Crippen LogP contribution >= 0.6 is 31.5 Å². The number of alkyl halides is 2. The highest BCUT2D eigenvalue weighted by Crippen LogP contribution is 2.31. The van der Waals surface area contributed by atoms with Crippen molar-refractivity contribution < 1.29 is 33.7 Å². The maximum absolute atomic E-state index is 10.4. The lowest BCUT2D eigenvalue weighted by atomic mass is 9.97. The Morgan fingerprint density at radius 2 is 1.36 bits per heavy atom. The van der Waals surface area contributed by atoms with Crippen LogP contribution in [0.1, 0.15) is 33.6 Å². The number of ether oxygens (including phenoxy) is 3. The minimum atomic E-state index is -3.13. The Balaban J connectivity index is 0. The summed E-state index contributed by atoms with van der Waals surface area (Å²) in [6.45, 7) is 6.77. The van der Waals surface area contributed by atoms with Crippen molar-refractivity contribution >= 4 is 31.5 Å². The second kappa shape index (κ2) is 14.0. The maximum atomic E-state index is 10.4. The quantitative estimate of drug-likeness (QED) is 0.284. The number of aliphatic hydroxyl groups is 1. The molecule has 0 fully saturated rings. The molecule has 0 aliphatic rings. The molecule has 0 bridgehead atoms. The third kappa shape index (κ3) is 12.0. The van der Waals surface area contributed by atoms with Crippen LogP contribution in [0.25, 0.3) is 0 Å². The van der Waals surface area contributed by atoms with Gasteiger partial charge in [0.25, 0.3) is 5.97 Å². The van der Waals surface area contributed by atoms with Crippen LogP contribution in [0.4, 0.5) is 0 Å². The number of hydrogen-bond donors (Lipinski definition) is 3. The van der Waals surface area contributed by atoms with Gasteiger partial charge in [0, 0.05) is 25.7 Å². The summed E-state index contributed by atoms with van der Waals surface area (Å²) in [4.78, 5) is 14.3. The lowest BCUT2D eigenvalue weighted by molar-refractivity contribution is -0.390. The average Bonchev–Trinajstić information content (AvgIpc) is 2.39. The van der Waals surface area contributed by atoms with Gasteiger partial charge in [-0.15, -0.1) is 23.2 Å². The van der Waals surface area contributed by atoms with Crippen LogP contribution in [0.5, 0.6) is 0 Å². The Hall–Kier alpha value is 0.570. The summed E-state index contributed by atoms with van der Waals surface area (Å²) in [6.07, 6.45) is 0.485. The molecule has 0 rings (SSSR count). The summed E-state index contributed by atoms with van der Waals surface area (Å²) in [5, 5.41) is 10.4. The summed E-state index contributed by atoms with van der Waals surface area (Å²) in [7, 11) is -3.13. The van der Waals surface area contributed by atoms with Crippen molar-refractivity contribution in [2.45, 2.75) is 45.2 Å². The highest BCUT2D eigenvalue weighted by molar-refractivity contribution is 7.30. The van der Waals surface area contributed by atoms with E-state index in [9.17, 15) is 5.11 Å². The molecule has 0 amide bonds. The molecule has 10 heteroatoms. The van der Waals surface area contributed by atoms with E-state index < -0.39 is 19.8 Å². The topological polar surface area (TPSA) is 105 Å². The third-order valence-electron chi connectivity index (χ3n) is 2.45. The lowest BCUT2D eigenvalue weighted by Gasteiger charge is -2.38. The lowest BCUT2D eigenvalue weighted by Crippen LogP contribution is -2.48. The molecule has 0 aromatic carbocycles. The highest BCUT2D eigenvalue weighted by Gasteiger charge is 2.42. The smallest absolute Gasteiger partial charge is 0.314 e. The molecule has 0 aromatic rings. The zero-order chi connectivity index (χ0) is 17.6. The first-order valence-electron chi connectivity index (χ1n) is 6.92. The molecule has 1 unspecified atom stereocenters. The van der Waals surface area contributed by atoms with Crippen LogP contribution in [-0.4, -0.2) is 58.0 Å². The van der Waals surface area contributed by atoms with E-state index in [1.54, 1.807) is 0 Å². The molecule has 0 radical (unpaired) electrons.